The highest BCUT2D eigenvalue weighted by molar-refractivity contribution is 7.89. The van der Waals surface area contributed by atoms with Crippen LogP contribution >= 0.6 is 0 Å². The predicted octanol–water partition coefficient (Wildman–Crippen LogP) is 2.98. The lowest BCUT2D eigenvalue weighted by Crippen LogP contribution is -2.50. The number of hydrogen-bond acceptors (Lipinski definition) is 4. The SMILES string of the molecule is Cc1ccc(S(=O)(=O)N2C[C@H](OS(=O)C(F)(F)F)CC(C)(C)C2)cc1. The van der Waals surface area contributed by atoms with Crippen LogP contribution in [0.5, 0.6) is 0 Å². The molecule has 0 aliphatic carbocycles. The van der Waals surface area contributed by atoms with Gasteiger partial charge in [0.15, 0.2) is 0 Å². The number of piperidine rings is 1. The number of halogens is 3. The number of rotatable bonds is 4. The Morgan fingerprint density at radius 3 is 2.32 bits per heavy atom. The van der Waals surface area contributed by atoms with Crippen molar-refractivity contribution in [3.05, 3.63) is 29.8 Å². The summed E-state index contributed by atoms with van der Waals surface area (Å²) < 4.78 is 79.9. The van der Waals surface area contributed by atoms with E-state index in [1.807, 2.05) is 6.92 Å². The third-order valence-corrected chi connectivity index (χ3v) is 6.51. The summed E-state index contributed by atoms with van der Waals surface area (Å²) >= 11 is -3.48. The maximum absolute atomic E-state index is 12.8. The molecule has 2 atom stereocenters. The van der Waals surface area contributed by atoms with E-state index in [0.29, 0.717) is 0 Å². The van der Waals surface area contributed by atoms with Gasteiger partial charge in [-0.15, -0.1) is 0 Å². The molecule has 0 aromatic heterocycles. The van der Waals surface area contributed by atoms with Gasteiger partial charge in [0.1, 0.15) is 0 Å². The Labute approximate surface area is 147 Å². The molecular weight excluding hydrogens is 379 g/mol. The van der Waals surface area contributed by atoms with E-state index >= 15 is 0 Å². The van der Waals surface area contributed by atoms with E-state index in [-0.39, 0.29) is 24.4 Å². The Morgan fingerprint density at radius 2 is 1.80 bits per heavy atom. The molecule has 1 aromatic rings. The Balaban J connectivity index is 2.25. The van der Waals surface area contributed by atoms with Crippen LogP contribution in [0.3, 0.4) is 0 Å². The normalized spacial score (nSPS) is 23.4. The van der Waals surface area contributed by atoms with E-state index in [2.05, 4.69) is 4.18 Å². The zero-order chi connectivity index (χ0) is 19.0. The van der Waals surface area contributed by atoms with Crippen LogP contribution in [0.4, 0.5) is 13.2 Å². The first kappa shape index (κ1) is 20.3. The van der Waals surface area contributed by atoms with Crippen LogP contribution in [-0.2, 0) is 25.3 Å². The topological polar surface area (TPSA) is 63.7 Å². The van der Waals surface area contributed by atoms with Crippen molar-refractivity contribution in [1.29, 1.82) is 0 Å². The largest absolute Gasteiger partial charge is 0.497 e. The molecule has 0 spiro atoms. The minimum absolute atomic E-state index is 0.0616. The first-order chi connectivity index (χ1) is 11.3. The van der Waals surface area contributed by atoms with Crippen molar-refractivity contribution in [2.75, 3.05) is 13.1 Å². The molecule has 1 heterocycles. The standard InChI is InChI=1S/C15H20F3NO4S2/c1-11-4-6-13(7-5-11)25(21,22)19-9-12(8-14(2,3)10-19)23-24(20)15(16,17)18/h4-7,12H,8-10H2,1-3H3/t12-,24?/m1/s1. The van der Waals surface area contributed by atoms with Gasteiger partial charge < -0.3 is 0 Å². The Morgan fingerprint density at radius 1 is 1.24 bits per heavy atom. The second-order valence-corrected chi connectivity index (χ2v) is 9.94. The first-order valence-electron chi connectivity index (χ1n) is 7.54. The summed E-state index contributed by atoms with van der Waals surface area (Å²) in [6.45, 7) is 5.15. The quantitative estimate of drug-likeness (QED) is 0.781. The highest BCUT2D eigenvalue weighted by Gasteiger charge is 2.44. The van der Waals surface area contributed by atoms with Gasteiger partial charge in [0.25, 0.3) is 11.1 Å². The maximum Gasteiger partial charge on any atom is 0.497 e. The monoisotopic (exact) mass is 399 g/mol. The van der Waals surface area contributed by atoms with Crippen LogP contribution in [0.25, 0.3) is 0 Å². The molecule has 10 heteroatoms. The van der Waals surface area contributed by atoms with Crippen molar-refractivity contribution >= 4 is 21.1 Å². The molecule has 1 aromatic carbocycles. The van der Waals surface area contributed by atoms with Crippen molar-refractivity contribution in [1.82, 2.24) is 4.31 Å². The summed E-state index contributed by atoms with van der Waals surface area (Å²) in [6, 6.07) is 6.20. The lowest BCUT2D eigenvalue weighted by molar-refractivity contribution is -0.0535. The van der Waals surface area contributed by atoms with Crippen LogP contribution in [0.1, 0.15) is 25.8 Å². The van der Waals surface area contributed by atoms with Crippen LogP contribution in [0.15, 0.2) is 29.2 Å². The van der Waals surface area contributed by atoms with Crippen molar-refractivity contribution in [3.63, 3.8) is 0 Å². The lowest BCUT2D eigenvalue weighted by atomic mass is 9.84. The van der Waals surface area contributed by atoms with Gasteiger partial charge in [0, 0.05) is 13.1 Å². The van der Waals surface area contributed by atoms with Gasteiger partial charge in [0.2, 0.25) is 10.0 Å². The molecule has 0 amide bonds. The summed E-state index contributed by atoms with van der Waals surface area (Å²) in [6.07, 6.45) is -0.930. The summed E-state index contributed by atoms with van der Waals surface area (Å²) in [5, 5.41) is 0. The van der Waals surface area contributed by atoms with Crippen LogP contribution < -0.4 is 0 Å². The zero-order valence-corrected chi connectivity index (χ0v) is 15.7. The van der Waals surface area contributed by atoms with Gasteiger partial charge in [-0.05, 0) is 30.9 Å². The Bertz CT molecular complexity index is 745. The second kappa shape index (κ2) is 6.98. The fraction of sp³-hybridized carbons (Fsp3) is 0.600. The van der Waals surface area contributed by atoms with Crippen molar-refractivity contribution in [3.8, 4) is 0 Å². The minimum Gasteiger partial charge on any atom is -0.279 e. The zero-order valence-electron chi connectivity index (χ0n) is 14.0. The molecular formula is C15H20F3NO4S2. The molecule has 0 saturated carbocycles. The fourth-order valence-electron chi connectivity index (χ4n) is 2.80. The van der Waals surface area contributed by atoms with Crippen LogP contribution in [-0.4, -0.2) is 41.6 Å². The van der Waals surface area contributed by atoms with Crippen LogP contribution in [0, 0.1) is 12.3 Å². The van der Waals surface area contributed by atoms with Gasteiger partial charge >= 0.3 is 5.51 Å². The molecule has 1 aliphatic heterocycles. The van der Waals surface area contributed by atoms with E-state index in [1.54, 1.807) is 26.0 Å². The summed E-state index contributed by atoms with van der Waals surface area (Å²) in [7, 11) is -3.88. The number of aryl methyl sites for hydroxylation is 1. The molecule has 2 rings (SSSR count). The number of sulfonamides is 1. The average Bonchev–Trinajstić information content (AvgIpc) is 2.45. The fourth-order valence-corrected chi connectivity index (χ4v) is 4.94. The number of alkyl halides is 3. The molecule has 142 valence electrons. The molecule has 1 fully saturated rings. The number of benzene rings is 1. The third-order valence-electron chi connectivity index (χ3n) is 3.86. The Hall–Kier alpha value is -0.970. The molecule has 1 unspecified atom stereocenters. The van der Waals surface area contributed by atoms with E-state index < -0.39 is 38.1 Å². The van der Waals surface area contributed by atoms with E-state index in [0.717, 1.165) is 9.87 Å². The van der Waals surface area contributed by atoms with Crippen molar-refractivity contribution in [2.24, 2.45) is 5.41 Å². The van der Waals surface area contributed by atoms with Gasteiger partial charge in [0.05, 0.1) is 11.0 Å². The van der Waals surface area contributed by atoms with E-state index in [1.165, 1.54) is 12.1 Å². The highest BCUT2D eigenvalue weighted by Crippen LogP contribution is 2.35. The third kappa shape index (κ3) is 5.02. The number of hydrogen-bond donors (Lipinski definition) is 0. The average molecular weight is 399 g/mol. The van der Waals surface area contributed by atoms with Gasteiger partial charge in [-0.3, -0.25) is 4.18 Å². The summed E-state index contributed by atoms with van der Waals surface area (Å²) in [4.78, 5) is 0.0616. The smallest absolute Gasteiger partial charge is 0.279 e. The molecule has 0 N–H and O–H groups in total. The first-order valence-corrected chi connectivity index (χ1v) is 10.1. The second-order valence-electron chi connectivity index (χ2n) is 6.88. The van der Waals surface area contributed by atoms with Gasteiger partial charge in [-0.1, -0.05) is 31.5 Å². The molecule has 1 aliphatic rings. The summed E-state index contributed by atoms with van der Waals surface area (Å²) in [5.41, 5.74) is -4.72. The van der Waals surface area contributed by atoms with Crippen LogP contribution in [0.2, 0.25) is 0 Å². The summed E-state index contributed by atoms with van der Waals surface area (Å²) in [5.74, 6) is 0. The minimum atomic E-state index is -5.00. The Kier molecular flexibility index (Phi) is 5.68. The van der Waals surface area contributed by atoms with Crippen molar-refractivity contribution in [2.45, 2.75) is 43.7 Å². The van der Waals surface area contributed by atoms with E-state index in [9.17, 15) is 25.8 Å². The molecule has 1 saturated heterocycles. The lowest BCUT2D eigenvalue weighted by Gasteiger charge is -2.41. The molecule has 25 heavy (non-hydrogen) atoms. The van der Waals surface area contributed by atoms with E-state index in [4.69, 9.17) is 0 Å². The molecule has 0 bridgehead atoms. The molecule has 5 nitrogen and oxygen atoms in total. The number of nitrogens with zero attached hydrogens (tertiary/aromatic N) is 1. The predicted molar refractivity (Wildman–Crippen MR) is 87.4 cm³/mol. The molecule has 0 radical (unpaired) electrons. The maximum atomic E-state index is 12.8. The van der Waals surface area contributed by atoms with Gasteiger partial charge in [-0.25, -0.2) is 12.6 Å². The van der Waals surface area contributed by atoms with Gasteiger partial charge in [-0.2, -0.15) is 17.5 Å². The van der Waals surface area contributed by atoms with Crippen molar-refractivity contribution < 1.29 is 30.0 Å². The highest BCUT2D eigenvalue weighted by atomic mass is 32.2.